The van der Waals surface area contributed by atoms with Crippen molar-refractivity contribution in [3.63, 3.8) is 0 Å². The molecule has 1 aromatic rings. The topological polar surface area (TPSA) is 24.5 Å². The first kappa shape index (κ1) is 13.1. The number of piperidine rings is 1. The number of nitrogens with one attached hydrogen (secondary N) is 1. The molecule has 104 valence electrons. The molecule has 2 aliphatic heterocycles. The first-order valence-corrected chi connectivity index (χ1v) is 7.50. The molecule has 0 aromatic heterocycles. The fraction of sp³-hybridized carbons (Fsp3) is 0.600. The maximum atomic E-state index is 6.28. The minimum Gasteiger partial charge on any atom is -0.497 e. The van der Waals surface area contributed by atoms with Crippen LogP contribution in [0.4, 0.5) is 5.69 Å². The number of hydrogen-bond donors (Lipinski definition) is 1. The molecule has 2 aliphatic rings. The molecule has 0 radical (unpaired) electrons. The summed E-state index contributed by atoms with van der Waals surface area (Å²) in [7, 11) is 1.69. The fourth-order valence-corrected chi connectivity index (χ4v) is 3.53. The van der Waals surface area contributed by atoms with Gasteiger partial charge in [-0.3, -0.25) is 4.90 Å². The lowest BCUT2D eigenvalue weighted by Gasteiger charge is -2.33. The van der Waals surface area contributed by atoms with Crippen molar-refractivity contribution in [2.75, 3.05) is 25.5 Å². The summed E-state index contributed by atoms with van der Waals surface area (Å²) in [4.78, 5) is 2.62. The molecule has 2 atom stereocenters. The first-order valence-electron chi connectivity index (χ1n) is 7.12. The van der Waals surface area contributed by atoms with Gasteiger partial charge in [-0.25, -0.2) is 0 Å². The monoisotopic (exact) mass is 280 g/mol. The van der Waals surface area contributed by atoms with E-state index in [1.54, 1.807) is 7.11 Å². The van der Waals surface area contributed by atoms with Gasteiger partial charge in [0.15, 0.2) is 0 Å². The van der Waals surface area contributed by atoms with Crippen LogP contribution < -0.4 is 10.1 Å². The van der Waals surface area contributed by atoms with E-state index in [2.05, 4.69) is 10.2 Å². The van der Waals surface area contributed by atoms with E-state index in [0.29, 0.717) is 12.1 Å². The molecular formula is C15H21ClN2O. The normalized spacial score (nSPS) is 27.1. The summed E-state index contributed by atoms with van der Waals surface area (Å²) in [6, 6.07) is 6.99. The van der Waals surface area contributed by atoms with Crippen molar-refractivity contribution >= 4 is 17.3 Å². The van der Waals surface area contributed by atoms with Gasteiger partial charge in [0.05, 0.1) is 17.8 Å². The molecule has 2 saturated heterocycles. The van der Waals surface area contributed by atoms with Gasteiger partial charge in [0.1, 0.15) is 5.75 Å². The summed E-state index contributed by atoms with van der Waals surface area (Å²) in [5.41, 5.74) is 0.999. The Hall–Kier alpha value is -0.930. The quantitative estimate of drug-likeness (QED) is 0.919. The molecule has 0 spiro atoms. The van der Waals surface area contributed by atoms with Crippen LogP contribution in [-0.4, -0.2) is 37.2 Å². The standard InChI is InChI=1S/C15H21ClN2O/c1-19-11-5-6-12(16)14(10-11)17-13-7-9-18-8-3-2-4-15(13)18/h5-6,10,13,15,17H,2-4,7-9H2,1H3. The lowest BCUT2D eigenvalue weighted by Crippen LogP contribution is -2.41. The lowest BCUT2D eigenvalue weighted by atomic mass is 9.99. The number of ether oxygens (including phenoxy) is 1. The molecule has 3 rings (SSSR count). The van der Waals surface area contributed by atoms with Gasteiger partial charge >= 0.3 is 0 Å². The zero-order valence-electron chi connectivity index (χ0n) is 11.4. The third kappa shape index (κ3) is 2.67. The van der Waals surface area contributed by atoms with E-state index < -0.39 is 0 Å². The Bertz CT molecular complexity index is 452. The summed E-state index contributed by atoms with van der Waals surface area (Å²) in [5.74, 6) is 0.852. The maximum absolute atomic E-state index is 6.28. The van der Waals surface area contributed by atoms with E-state index in [0.717, 1.165) is 16.5 Å². The molecule has 19 heavy (non-hydrogen) atoms. The molecule has 3 nitrogen and oxygen atoms in total. The van der Waals surface area contributed by atoms with Gasteiger partial charge in [-0.1, -0.05) is 18.0 Å². The molecule has 1 N–H and O–H groups in total. The smallest absolute Gasteiger partial charge is 0.121 e. The Labute approximate surface area is 119 Å². The molecule has 0 saturated carbocycles. The number of benzene rings is 1. The zero-order valence-corrected chi connectivity index (χ0v) is 12.1. The van der Waals surface area contributed by atoms with Crippen LogP contribution in [0.15, 0.2) is 18.2 Å². The summed E-state index contributed by atoms with van der Waals surface area (Å²) < 4.78 is 5.27. The molecule has 0 amide bonds. The van der Waals surface area contributed by atoms with Crippen LogP contribution in [0.2, 0.25) is 5.02 Å². The van der Waals surface area contributed by atoms with E-state index in [1.807, 2.05) is 18.2 Å². The van der Waals surface area contributed by atoms with Crippen molar-refractivity contribution in [3.8, 4) is 5.75 Å². The third-order valence-corrected chi connectivity index (χ3v) is 4.70. The van der Waals surface area contributed by atoms with Crippen LogP contribution in [-0.2, 0) is 0 Å². The lowest BCUT2D eigenvalue weighted by molar-refractivity contribution is 0.193. The molecule has 0 bridgehead atoms. The van der Waals surface area contributed by atoms with E-state index in [1.165, 1.54) is 38.8 Å². The highest BCUT2D eigenvalue weighted by molar-refractivity contribution is 6.33. The van der Waals surface area contributed by atoms with E-state index in [-0.39, 0.29) is 0 Å². The van der Waals surface area contributed by atoms with Crippen LogP contribution in [0.5, 0.6) is 5.75 Å². The van der Waals surface area contributed by atoms with Crippen LogP contribution in [0.1, 0.15) is 25.7 Å². The number of nitrogens with zero attached hydrogens (tertiary/aromatic N) is 1. The number of hydrogen-bond acceptors (Lipinski definition) is 3. The fourth-order valence-electron chi connectivity index (χ4n) is 3.36. The van der Waals surface area contributed by atoms with E-state index >= 15 is 0 Å². The average molecular weight is 281 g/mol. The van der Waals surface area contributed by atoms with Crippen LogP contribution in [0.25, 0.3) is 0 Å². The minimum absolute atomic E-state index is 0.518. The second kappa shape index (κ2) is 5.59. The van der Waals surface area contributed by atoms with Crippen LogP contribution in [0, 0.1) is 0 Å². The van der Waals surface area contributed by atoms with Gasteiger partial charge in [-0.05, 0) is 37.9 Å². The predicted molar refractivity (Wildman–Crippen MR) is 79.2 cm³/mol. The van der Waals surface area contributed by atoms with Crippen molar-refractivity contribution in [3.05, 3.63) is 23.2 Å². The number of halogens is 1. The summed E-state index contributed by atoms with van der Waals surface area (Å²) in [6.07, 6.45) is 5.21. The summed E-state index contributed by atoms with van der Waals surface area (Å²) >= 11 is 6.28. The third-order valence-electron chi connectivity index (χ3n) is 4.37. The highest BCUT2D eigenvalue weighted by Gasteiger charge is 2.35. The molecule has 1 aromatic carbocycles. The first-order chi connectivity index (χ1) is 9.28. The van der Waals surface area contributed by atoms with Crippen molar-refractivity contribution in [1.82, 2.24) is 4.90 Å². The van der Waals surface area contributed by atoms with E-state index in [9.17, 15) is 0 Å². The summed E-state index contributed by atoms with van der Waals surface area (Å²) in [5, 5.41) is 4.40. The predicted octanol–water partition coefficient (Wildman–Crippen LogP) is 3.39. The molecule has 2 fully saturated rings. The highest BCUT2D eigenvalue weighted by atomic mass is 35.5. The minimum atomic E-state index is 0.518. The largest absolute Gasteiger partial charge is 0.497 e. The second-order valence-corrected chi connectivity index (χ2v) is 5.89. The Morgan fingerprint density at radius 2 is 2.16 bits per heavy atom. The Balaban J connectivity index is 1.74. The van der Waals surface area contributed by atoms with Crippen molar-refractivity contribution in [2.24, 2.45) is 0 Å². The van der Waals surface area contributed by atoms with Crippen molar-refractivity contribution in [1.29, 1.82) is 0 Å². The van der Waals surface area contributed by atoms with Crippen LogP contribution in [0.3, 0.4) is 0 Å². The second-order valence-electron chi connectivity index (χ2n) is 5.48. The van der Waals surface area contributed by atoms with Crippen LogP contribution >= 0.6 is 11.6 Å². The number of fused-ring (bicyclic) bond motifs is 1. The zero-order chi connectivity index (χ0) is 13.2. The Morgan fingerprint density at radius 1 is 1.26 bits per heavy atom. The number of rotatable bonds is 3. The Kier molecular flexibility index (Phi) is 3.85. The van der Waals surface area contributed by atoms with Crippen molar-refractivity contribution < 1.29 is 4.74 Å². The number of methoxy groups -OCH3 is 1. The van der Waals surface area contributed by atoms with Crippen molar-refractivity contribution in [2.45, 2.75) is 37.8 Å². The summed E-state index contributed by atoms with van der Waals surface area (Å²) in [6.45, 7) is 2.47. The number of anilines is 1. The van der Waals surface area contributed by atoms with Gasteiger partial charge in [-0.15, -0.1) is 0 Å². The molecule has 4 heteroatoms. The Morgan fingerprint density at radius 3 is 3.00 bits per heavy atom. The van der Waals surface area contributed by atoms with Gasteiger partial charge in [0.2, 0.25) is 0 Å². The molecule has 0 aliphatic carbocycles. The van der Waals surface area contributed by atoms with Gasteiger partial charge in [0.25, 0.3) is 0 Å². The molecular weight excluding hydrogens is 260 g/mol. The SMILES string of the molecule is COc1ccc(Cl)c(NC2CCN3CCCCC23)c1. The highest BCUT2D eigenvalue weighted by Crippen LogP contribution is 2.33. The van der Waals surface area contributed by atoms with Gasteiger partial charge < -0.3 is 10.1 Å². The average Bonchev–Trinajstić information content (AvgIpc) is 2.85. The van der Waals surface area contributed by atoms with Gasteiger partial charge in [0, 0.05) is 24.7 Å². The maximum Gasteiger partial charge on any atom is 0.121 e. The van der Waals surface area contributed by atoms with E-state index in [4.69, 9.17) is 16.3 Å². The molecule has 2 heterocycles. The molecule has 2 unspecified atom stereocenters. The van der Waals surface area contributed by atoms with Gasteiger partial charge in [-0.2, -0.15) is 0 Å².